The Balaban J connectivity index is 1.80. The lowest BCUT2D eigenvalue weighted by Crippen LogP contribution is -2.39. The average Bonchev–Trinajstić information content (AvgIpc) is 2.66. The number of benzene rings is 1. The van der Waals surface area contributed by atoms with Crippen LogP contribution in [0, 0.1) is 0 Å². The molecule has 0 fully saturated rings. The highest BCUT2D eigenvalue weighted by atomic mass is 19.4. The van der Waals surface area contributed by atoms with Crippen molar-refractivity contribution >= 4 is 11.9 Å². The van der Waals surface area contributed by atoms with Crippen molar-refractivity contribution < 1.29 is 26.3 Å². The number of halogens is 6. The minimum absolute atomic E-state index is 0.105. The maximum atomic E-state index is 12.7. The van der Waals surface area contributed by atoms with Crippen molar-refractivity contribution in [1.29, 1.82) is 0 Å². The van der Waals surface area contributed by atoms with E-state index in [1.165, 1.54) is 13.1 Å². The molecular weight excluding hydrogens is 402 g/mol. The van der Waals surface area contributed by atoms with E-state index in [9.17, 15) is 26.3 Å². The first-order valence-electron chi connectivity index (χ1n) is 8.34. The standard InChI is InChI=1S/C17H18F6N6/c1-24-14(28-10-11-3-2-4-12(9-11)16(18,19)20)26-7-8-27-15-25-6-5-13(29-15)17(21,22)23/h2-6,9H,7-8,10H2,1H3,(H2,24,26,28)(H,25,27,29). The van der Waals surface area contributed by atoms with Gasteiger partial charge in [0.2, 0.25) is 5.95 Å². The number of anilines is 1. The quantitative estimate of drug-likeness (QED) is 0.290. The maximum Gasteiger partial charge on any atom is 0.433 e. The number of guanidine groups is 1. The van der Waals surface area contributed by atoms with Gasteiger partial charge in [0, 0.05) is 32.9 Å². The third-order valence-electron chi connectivity index (χ3n) is 3.58. The van der Waals surface area contributed by atoms with Gasteiger partial charge in [-0.05, 0) is 23.8 Å². The van der Waals surface area contributed by atoms with Crippen LogP contribution in [0.5, 0.6) is 0 Å². The summed E-state index contributed by atoms with van der Waals surface area (Å²) in [6.45, 7) is 0.543. The molecule has 1 heterocycles. The number of hydrogen-bond donors (Lipinski definition) is 3. The number of hydrogen-bond acceptors (Lipinski definition) is 4. The minimum atomic E-state index is -4.56. The van der Waals surface area contributed by atoms with Crippen LogP contribution in [0.3, 0.4) is 0 Å². The van der Waals surface area contributed by atoms with Gasteiger partial charge in [0.15, 0.2) is 5.96 Å². The average molecular weight is 420 g/mol. The molecule has 0 aliphatic carbocycles. The van der Waals surface area contributed by atoms with Crippen LogP contribution in [0.15, 0.2) is 41.5 Å². The van der Waals surface area contributed by atoms with E-state index in [1.54, 1.807) is 6.07 Å². The van der Waals surface area contributed by atoms with Gasteiger partial charge in [0.25, 0.3) is 0 Å². The molecule has 0 aliphatic rings. The second-order valence-electron chi connectivity index (χ2n) is 5.74. The zero-order valence-corrected chi connectivity index (χ0v) is 15.2. The summed E-state index contributed by atoms with van der Waals surface area (Å²) < 4.78 is 76.0. The highest BCUT2D eigenvalue weighted by Gasteiger charge is 2.32. The van der Waals surface area contributed by atoms with Crippen LogP contribution in [-0.4, -0.2) is 36.1 Å². The molecule has 1 aromatic carbocycles. The monoisotopic (exact) mass is 420 g/mol. The number of nitrogens with zero attached hydrogens (tertiary/aromatic N) is 3. The molecule has 2 aromatic rings. The summed E-state index contributed by atoms with van der Waals surface area (Å²) in [5.41, 5.74) is -1.38. The Kier molecular flexibility index (Phi) is 7.23. The summed E-state index contributed by atoms with van der Waals surface area (Å²) in [5.74, 6) is 0.141. The molecule has 0 bridgehead atoms. The van der Waals surface area contributed by atoms with E-state index in [-0.39, 0.29) is 25.6 Å². The van der Waals surface area contributed by atoms with Gasteiger partial charge in [-0.2, -0.15) is 26.3 Å². The molecule has 0 amide bonds. The fourth-order valence-corrected chi connectivity index (χ4v) is 2.22. The van der Waals surface area contributed by atoms with E-state index in [4.69, 9.17) is 0 Å². The van der Waals surface area contributed by atoms with Crippen molar-refractivity contribution in [3.8, 4) is 0 Å². The summed E-state index contributed by atoms with van der Waals surface area (Å²) >= 11 is 0. The molecule has 0 saturated heterocycles. The fourth-order valence-electron chi connectivity index (χ4n) is 2.22. The van der Waals surface area contributed by atoms with Gasteiger partial charge in [-0.15, -0.1) is 0 Å². The third kappa shape index (κ3) is 7.12. The van der Waals surface area contributed by atoms with Crippen LogP contribution < -0.4 is 16.0 Å². The fraction of sp³-hybridized carbons (Fsp3) is 0.353. The first kappa shape index (κ1) is 22.2. The number of nitrogens with one attached hydrogen (secondary N) is 3. The highest BCUT2D eigenvalue weighted by Crippen LogP contribution is 2.29. The van der Waals surface area contributed by atoms with E-state index < -0.39 is 23.6 Å². The van der Waals surface area contributed by atoms with Gasteiger partial charge in [0.1, 0.15) is 5.69 Å². The maximum absolute atomic E-state index is 12.7. The smallest absolute Gasteiger partial charge is 0.355 e. The molecular formula is C17H18F6N6. The summed E-state index contributed by atoms with van der Waals surface area (Å²) in [7, 11) is 1.48. The van der Waals surface area contributed by atoms with Gasteiger partial charge in [-0.25, -0.2) is 9.97 Å². The Hall–Kier alpha value is -3.05. The van der Waals surface area contributed by atoms with E-state index in [0.29, 0.717) is 11.5 Å². The van der Waals surface area contributed by atoms with Gasteiger partial charge < -0.3 is 16.0 Å². The first-order valence-corrected chi connectivity index (χ1v) is 8.34. The highest BCUT2D eigenvalue weighted by molar-refractivity contribution is 5.79. The number of rotatable bonds is 6. The topological polar surface area (TPSA) is 74.2 Å². The van der Waals surface area contributed by atoms with Crippen LogP contribution in [0.2, 0.25) is 0 Å². The number of aromatic nitrogens is 2. The Morgan fingerprint density at radius 1 is 1.00 bits per heavy atom. The molecule has 0 aliphatic heterocycles. The van der Waals surface area contributed by atoms with Gasteiger partial charge in [0.05, 0.1) is 5.56 Å². The molecule has 6 nitrogen and oxygen atoms in total. The van der Waals surface area contributed by atoms with Crippen LogP contribution in [0.4, 0.5) is 32.3 Å². The van der Waals surface area contributed by atoms with Crippen LogP contribution in [0.25, 0.3) is 0 Å². The van der Waals surface area contributed by atoms with Crippen LogP contribution >= 0.6 is 0 Å². The van der Waals surface area contributed by atoms with Crippen molar-refractivity contribution in [2.24, 2.45) is 4.99 Å². The zero-order chi connectivity index (χ0) is 21.5. The second-order valence-corrected chi connectivity index (χ2v) is 5.74. The molecule has 0 radical (unpaired) electrons. The van der Waals surface area contributed by atoms with E-state index in [0.717, 1.165) is 24.4 Å². The largest absolute Gasteiger partial charge is 0.433 e. The predicted octanol–water partition coefficient (Wildman–Crippen LogP) is 3.29. The van der Waals surface area contributed by atoms with Crippen LogP contribution in [-0.2, 0) is 18.9 Å². The second kappa shape index (κ2) is 9.43. The summed E-state index contributed by atoms with van der Waals surface area (Å²) in [6.07, 6.45) is -7.98. The van der Waals surface area contributed by atoms with Crippen molar-refractivity contribution in [3.63, 3.8) is 0 Å². The summed E-state index contributed by atoms with van der Waals surface area (Å²) in [5, 5.41) is 8.37. The molecule has 1 aromatic heterocycles. The van der Waals surface area contributed by atoms with E-state index in [1.807, 2.05) is 0 Å². The molecule has 12 heteroatoms. The molecule has 158 valence electrons. The van der Waals surface area contributed by atoms with Gasteiger partial charge in [-0.3, -0.25) is 4.99 Å². The summed E-state index contributed by atoms with van der Waals surface area (Å²) in [4.78, 5) is 11.0. The molecule has 0 saturated carbocycles. The lowest BCUT2D eigenvalue weighted by atomic mass is 10.1. The van der Waals surface area contributed by atoms with Crippen molar-refractivity contribution in [3.05, 3.63) is 53.3 Å². The van der Waals surface area contributed by atoms with Crippen molar-refractivity contribution in [2.45, 2.75) is 18.9 Å². The Morgan fingerprint density at radius 3 is 2.41 bits per heavy atom. The van der Waals surface area contributed by atoms with Gasteiger partial charge in [-0.1, -0.05) is 12.1 Å². The third-order valence-corrected chi connectivity index (χ3v) is 3.58. The normalized spacial score (nSPS) is 12.6. The molecule has 0 atom stereocenters. The Labute approximate surface area is 162 Å². The summed E-state index contributed by atoms with van der Waals surface area (Å²) in [6, 6.07) is 5.64. The molecule has 29 heavy (non-hydrogen) atoms. The number of alkyl halides is 6. The van der Waals surface area contributed by atoms with Crippen LogP contribution in [0.1, 0.15) is 16.8 Å². The predicted molar refractivity (Wildman–Crippen MR) is 95.2 cm³/mol. The molecule has 2 rings (SSSR count). The minimum Gasteiger partial charge on any atom is -0.355 e. The van der Waals surface area contributed by atoms with Crippen molar-refractivity contribution in [1.82, 2.24) is 20.6 Å². The lowest BCUT2D eigenvalue weighted by molar-refractivity contribution is -0.141. The zero-order valence-electron chi connectivity index (χ0n) is 15.2. The molecule has 0 spiro atoms. The van der Waals surface area contributed by atoms with Crippen molar-refractivity contribution in [2.75, 3.05) is 25.5 Å². The first-order chi connectivity index (χ1) is 13.6. The van der Waals surface area contributed by atoms with Gasteiger partial charge >= 0.3 is 12.4 Å². The van der Waals surface area contributed by atoms with E-state index >= 15 is 0 Å². The Morgan fingerprint density at radius 2 is 1.76 bits per heavy atom. The SMILES string of the molecule is CN=C(NCCNc1nccc(C(F)(F)F)n1)NCc1cccc(C(F)(F)F)c1. The number of aliphatic imine (C=N–C) groups is 1. The molecule has 0 unspecified atom stereocenters. The molecule has 3 N–H and O–H groups in total. The van der Waals surface area contributed by atoms with E-state index in [2.05, 4.69) is 30.9 Å². The lowest BCUT2D eigenvalue weighted by Gasteiger charge is -2.14. The Bertz CT molecular complexity index is 834.